The molecule has 0 fully saturated rings. The molecule has 0 spiro atoms. The predicted octanol–water partition coefficient (Wildman–Crippen LogP) is 0.971. The number of carbonyl (C=O) groups excluding carboxylic acids is 1. The Morgan fingerprint density at radius 3 is 2.97 bits per heavy atom. The van der Waals surface area contributed by atoms with Crippen molar-refractivity contribution in [1.29, 1.82) is 0 Å². The van der Waals surface area contributed by atoms with Crippen molar-refractivity contribution in [3.8, 4) is 23.0 Å². The zero-order chi connectivity index (χ0) is 21.8. The van der Waals surface area contributed by atoms with Crippen LogP contribution >= 0.6 is 0 Å². The predicted molar refractivity (Wildman–Crippen MR) is 109 cm³/mol. The Labute approximate surface area is 176 Å². The van der Waals surface area contributed by atoms with Crippen LogP contribution < -0.4 is 10.6 Å². The summed E-state index contributed by atoms with van der Waals surface area (Å²) in [6, 6.07) is 3.53. The van der Waals surface area contributed by atoms with Crippen LogP contribution in [0.4, 0.5) is 11.5 Å². The van der Waals surface area contributed by atoms with Crippen LogP contribution in [-0.2, 0) is 18.8 Å². The summed E-state index contributed by atoms with van der Waals surface area (Å²) in [5.41, 5.74) is 1.68. The van der Waals surface area contributed by atoms with Gasteiger partial charge in [-0.1, -0.05) is 0 Å². The number of nitrogens with one attached hydrogen (secondary N) is 2. The van der Waals surface area contributed by atoms with Crippen molar-refractivity contribution in [3.63, 3.8) is 0 Å². The fraction of sp³-hybridized carbons (Fsp3) is 0.278. The van der Waals surface area contributed by atoms with Crippen molar-refractivity contribution in [2.75, 3.05) is 30.9 Å². The number of methoxy groups -OCH3 is 1. The molecule has 2 N–H and O–H groups in total. The molecule has 0 radical (unpaired) electrons. The summed E-state index contributed by atoms with van der Waals surface area (Å²) in [5, 5.41) is 21.6. The number of hydrogen-bond donors (Lipinski definition) is 2. The third kappa shape index (κ3) is 4.40. The van der Waals surface area contributed by atoms with Crippen LogP contribution in [-0.4, -0.2) is 66.1 Å². The number of ether oxygens (including phenoxy) is 1. The summed E-state index contributed by atoms with van der Waals surface area (Å²) < 4.78 is 13.5. The van der Waals surface area contributed by atoms with E-state index < -0.39 is 5.91 Å². The van der Waals surface area contributed by atoms with Crippen LogP contribution in [0.5, 0.6) is 0 Å². The summed E-state index contributed by atoms with van der Waals surface area (Å²) in [6.45, 7) is 1.16. The summed E-state index contributed by atoms with van der Waals surface area (Å²) in [5.74, 6) is 0.913. The molecular formula is C18H20N10O3. The molecule has 0 aliphatic heterocycles. The number of aryl methyl sites for hydroxylation is 2. The normalized spacial score (nSPS) is 10.9. The number of carbonyl (C=O) groups is 1. The fourth-order valence-electron chi connectivity index (χ4n) is 2.81. The van der Waals surface area contributed by atoms with Crippen LogP contribution in [0.15, 0.2) is 35.2 Å². The van der Waals surface area contributed by atoms with E-state index in [2.05, 4.69) is 41.2 Å². The monoisotopic (exact) mass is 424 g/mol. The minimum absolute atomic E-state index is 0.117. The molecule has 31 heavy (non-hydrogen) atoms. The number of anilines is 2. The van der Waals surface area contributed by atoms with Crippen molar-refractivity contribution in [1.82, 2.24) is 40.0 Å². The third-order valence-corrected chi connectivity index (χ3v) is 4.26. The highest BCUT2D eigenvalue weighted by Gasteiger charge is 2.20. The summed E-state index contributed by atoms with van der Waals surface area (Å²) in [4.78, 5) is 21.3. The quantitative estimate of drug-likeness (QED) is 0.392. The maximum Gasteiger partial charge on any atom is 0.277 e. The number of tetrazole rings is 1. The van der Waals surface area contributed by atoms with Crippen LogP contribution in [0.2, 0.25) is 0 Å². The van der Waals surface area contributed by atoms with E-state index >= 15 is 0 Å². The molecular weight excluding hydrogens is 404 g/mol. The Balaban J connectivity index is 1.51. The van der Waals surface area contributed by atoms with E-state index in [1.807, 2.05) is 0 Å². The van der Waals surface area contributed by atoms with Crippen molar-refractivity contribution in [2.45, 2.75) is 0 Å². The minimum atomic E-state index is -0.452. The molecule has 0 aliphatic rings. The number of nitrogens with zero attached hydrogens (tertiary/aromatic N) is 8. The molecule has 13 heteroatoms. The lowest BCUT2D eigenvalue weighted by Gasteiger charge is -2.05. The van der Waals surface area contributed by atoms with Gasteiger partial charge in [0.05, 0.1) is 12.3 Å². The molecule has 4 heterocycles. The molecule has 1 amide bonds. The van der Waals surface area contributed by atoms with Gasteiger partial charge in [0.15, 0.2) is 11.4 Å². The van der Waals surface area contributed by atoms with Gasteiger partial charge in [0.2, 0.25) is 11.7 Å². The minimum Gasteiger partial charge on any atom is -0.444 e. The first-order chi connectivity index (χ1) is 15.0. The molecule has 0 atom stereocenters. The number of rotatable bonds is 8. The fourth-order valence-corrected chi connectivity index (χ4v) is 2.81. The average molecular weight is 424 g/mol. The lowest BCUT2D eigenvalue weighted by atomic mass is 10.2. The number of amides is 1. The lowest BCUT2D eigenvalue weighted by molar-refractivity contribution is 0.102. The highest BCUT2D eigenvalue weighted by atomic mass is 16.5. The van der Waals surface area contributed by atoms with Crippen LogP contribution in [0.1, 0.15) is 10.5 Å². The Hall–Kier alpha value is -4.13. The molecule has 0 unspecified atom stereocenters. The standard InChI is InChI=1S/C18H20N10O3/c1-27-9-12(15(24-27)16-23-25-26-28(16)2)21-17(29)13-10-31-18(22-13)11-4-5-19-14(8-11)20-6-7-30-3/h4-5,8-10H,6-7H2,1-3H3,(H,19,20)(H,21,29). The van der Waals surface area contributed by atoms with E-state index in [1.54, 1.807) is 50.4 Å². The van der Waals surface area contributed by atoms with Gasteiger partial charge in [-0.05, 0) is 22.6 Å². The van der Waals surface area contributed by atoms with Crippen molar-refractivity contribution < 1.29 is 13.9 Å². The molecule has 0 bridgehead atoms. The maximum absolute atomic E-state index is 12.7. The topological polar surface area (TPSA) is 151 Å². The molecule has 4 aromatic heterocycles. The summed E-state index contributed by atoms with van der Waals surface area (Å²) >= 11 is 0. The number of oxazole rings is 1. The van der Waals surface area contributed by atoms with Crippen LogP contribution in [0.25, 0.3) is 23.0 Å². The molecule has 0 aromatic carbocycles. The zero-order valence-corrected chi connectivity index (χ0v) is 17.1. The van der Waals surface area contributed by atoms with Gasteiger partial charge in [0.25, 0.3) is 5.91 Å². The van der Waals surface area contributed by atoms with E-state index in [0.29, 0.717) is 47.6 Å². The molecule has 4 rings (SSSR count). The second kappa shape index (κ2) is 8.71. The number of aromatic nitrogens is 8. The van der Waals surface area contributed by atoms with E-state index in [0.717, 1.165) is 0 Å². The Kier molecular flexibility index (Phi) is 5.66. The molecule has 0 saturated carbocycles. The van der Waals surface area contributed by atoms with Gasteiger partial charge in [-0.15, -0.1) is 5.10 Å². The molecule has 13 nitrogen and oxygen atoms in total. The summed E-state index contributed by atoms with van der Waals surface area (Å²) in [7, 11) is 5.05. The van der Waals surface area contributed by atoms with E-state index in [9.17, 15) is 4.79 Å². The van der Waals surface area contributed by atoms with Gasteiger partial charge < -0.3 is 19.8 Å². The lowest BCUT2D eigenvalue weighted by Crippen LogP contribution is -2.13. The number of hydrogen-bond acceptors (Lipinski definition) is 10. The highest BCUT2D eigenvalue weighted by molar-refractivity contribution is 6.04. The van der Waals surface area contributed by atoms with E-state index in [-0.39, 0.29) is 5.69 Å². The second-order valence-corrected chi connectivity index (χ2v) is 6.53. The zero-order valence-electron chi connectivity index (χ0n) is 17.1. The van der Waals surface area contributed by atoms with Crippen LogP contribution in [0.3, 0.4) is 0 Å². The Bertz CT molecular complexity index is 1190. The SMILES string of the molecule is COCCNc1cc(-c2nc(C(=O)Nc3cn(C)nc3-c3nnnn3C)co2)ccn1. The Morgan fingerprint density at radius 1 is 1.32 bits per heavy atom. The molecule has 0 saturated heterocycles. The van der Waals surface area contributed by atoms with E-state index in [1.165, 1.54) is 10.9 Å². The average Bonchev–Trinajstić information content (AvgIpc) is 3.48. The molecule has 160 valence electrons. The third-order valence-electron chi connectivity index (χ3n) is 4.26. The number of pyridine rings is 1. The van der Waals surface area contributed by atoms with E-state index in [4.69, 9.17) is 9.15 Å². The van der Waals surface area contributed by atoms with Crippen molar-refractivity contribution >= 4 is 17.4 Å². The van der Waals surface area contributed by atoms with Gasteiger partial charge in [0, 0.05) is 45.7 Å². The van der Waals surface area contributed by atoms with Gasteiger partial charge in [-0.2, -0.15) is 5.10 Å². The first kappa shape index (κ1) is 20.2. The second-order valence-electron chi connectivity index (χ2n) is 6.53. The molecule has 4 aromatic rings. The van der Waals surface area contributed by atoms with Crippen molar-refractivity contribution in [2.24, 2.45) is 14.1 Å². The van der Waals surface area contributed by atoms with Crippen molar-refractivity contribution in [3.05, 3.63) is 36.5 Å². The molecule has 0 aliphatic carbocycles. The highest BCUT2D eigenvalue weighted by Crippen LogP contribution is 2.25. The largest absolute Gasteiger partial charge is 0.444 e. The maximum atomic E-state index is 12.7. The summed E-state index contributed by atoms with van der Waals surface area (Å²) in [6.07, 6.45) is 4.58. The van der Waals surface area contributed by atoms with Crippen LogP contribution in [0, 0.1) is 0 Å². The van der Waals surface area contributed by atoms with Gasteiger partial charge >= 0.3 is 0 Å². The first-order valence-corrected chi connectivity index (χ1v) is 9.27. The Morgan fingerprint density at radius 2 is 2.19 bits per heavy atom. The smallest absolute Gasteiger partial charge is 0.277 e. The van der Waals surface area contributed by atoms with Gasteiger partial charge in [0.1, 0.15) is 12.1 Å². The first-order valence-electron chi connectivity index (χ1n) is 9.27. The van der Waals surface area contributed by atoms with Gasteiger partial charge in [-0.3, -0.25) is 9.48 Å². The van der Waals surface area contributed by atoms with Gasteiger partial charge in [-0.25, -0.2) is 14.6 Å².